The summed E-state index contributed by atoms with van der Waals surface area (Å²) in [5.74, 6) is 1.77. The molecule has 0 aliphatic heterocycles. The van der Waals surface area contributed by atoms with Crippen LogP contribution < -0.4 is 0 Å². The van der Waals surface area contributed by atoms with Crippen molar-refractivity contribution in [3.05, 3.63) is 158 Å². The Labute approximate surface area is 275 Å². The van der Waals surface area contributed by atoms with Crippen LogP contribution in [0.3, 0.4) is 0 Å². The second-order valence-electron chi connectivity index (χ2n) is 11.5. The van der Waals surface area contributed by atoms with Gasteiger partial charge in [0.25, 0.3) is 0 Å². The highest BCUT2D eigenvalue weighted by Gasteiger charge is 2.17. The SMILES string of the molecule is c1ccc(-c2nc(-c3ccc4sc5ccccc5c4c3)nc(-c3ccc4c(-c5ccccc5)ccc(-c5ccccc5)c4n3)n2)cc1. The van der Waals surface area contributed by atoms with Gasteiger partial charge in [0, 0.05) is 42.2 Å². The predicted molar refractivity (Wildman–Crippen MR) is 195 cm³/mol. The molecule has 0 atom stereocenters. The minimum absolute atomic E-state index is 0.537. The maximum Gasteiger partial charge on any atom is 0.182 e. The summed E-state index contributed by atoms with van der Waals surface area (Å²) in [6.07, 6.45) is 0. The van der Waals surface area contributed by atoms with Gasteiger partial charge in [-0.3, -0.25) is 0 Å². The van der Waals surface area contributed by atoms with E-state index in [0.717, 1.165) is 44.3 Å². The number of pyridine rings is 1. The van der Waals surface area contributed by atoms with Gasteiger partial charge in [0.15, 0.2) is 17.5 Å². The maximum atomic E-state index is 5.31. The van der Waals surface area contributed by atoms with Crippen LogP contribution in [0.2, 0.25) is 0 Å². The fourth-order valence-corrected chi connectivity index (χ4v) is 7.35. The topological polar surface area (TPSA) is 51.6 Å². The number of fused-ring (bicyclic) bond motifs is 4. The highest BCUT2D eigenvalue weighted by Crippen LogP contribution is 2.38. The molecule has 9 rings (SSSR count). The molecule has 4 nitrogen and oxygen atoms in total. The van der Waals surface area contributed by atoms with Gasteiger partial charge in [-0.2, -0.15) is 0 Å². The van der Waals surface area contributed by atoms with E-state index >= 15 is 0 Å². The molecule has 0 saturated heterocycles. The van der Waals surface area contributed by atoms with Crippen LogP contribution in [-0.2, 0) is 0 Å². The lowest BCUT2D eigenvalue weighted by atomic mass is 9.94. The number of aromatic nitrogens is 4. The van der Waals surface area contributed by atoms with Crippen molar-refractivity contribution in [1.29, 1.82) is 0 Å². The van der Waals surface area contributed by atoms with E-state index in [9.17, 15) is 0 Å². The Hall–Kier alpha value is -6.04. The third kappa shape index (κ3) is 4.94. The Morgan fingerprint density at radius 1 is 0.340 bits per heavy atom. The first kappa shape index (κ1) is 27.3. The van der Waals surface area contributed by atoms with Crippen LogP contribution in [0.5, 0.6) is 0 Å². The van der Waals surface area contributed by atoms with Crippen molar-refractivity contribution in [1.82, 2.24) is 19.9 Å². The summed E-state index contributed by atoms with van der Waals surface area (Å²) in [6.45, 7) is 0. The first-order valence-corrected chi connectivity index (χ1v) is 16.4. The summed E-state index contributed by atoms with van der Waals surface area (Å²) >= 11 is 1.80. The summed E-state index contributed by atoms with van der Waals surface area (Å²) in [7, 11) is 0. The fraction of sp³-hybridized carbons (Fsp3) is 0. The zero-order valence-electron chi connectivity index (χ0n) is 25.2. The van der Waals surface area contributed by atoms with Crippen LogP contribution in [0, 0.1) is 0 Å². The van der Waals surface area contributed by atoms with E-state index in [1.165, 1.54) is 20.2 Å². The average molecular weight is 619 g/mol. The quantitative estimate of drug-likeness (QED) is 0.193. The normalized spacial score (nSPS) is 11.4. The first-order valence-electron chi connectivity index (χ1n) is 15.6. The van der Waals surface area contributed by atoms with Gasteiger partial charge < -0.3 is 0 Å². The Morgan fingerprint density at radius 3 is 1.66 bits per heavy atom. The molecule has 0 aliphatic carbocycles. The maximum absolute atomic E-state index is 5.31. The standard InChI is InChI=1S/C42H26N4S/c1-4-12-27(13-5-1)31-21-22-32(28-14-6-2-7-15-28)39-34(31)23-24-36(43-39)42-45-40(29-16-8-3-9-17-29)44-41(46-42)30-20-25-38-35(26-30)33-18-10-11-19-37(33)47-38/h1-26H. The molecule has 0 saturated carbocycles. The van der Waals surface area contributed by atoms with Crippen molar-refractivity contribution in [3.63, 3.8) is 0 Å². The Morgan fingerprint density at radius 2 is 0.915 bits per heavy atom. The smallest absolute Gasteiger partial charge is 0.182 e. The average Bonchev–Trinajstić information content (AvgIpc) is 3.53. The number of hydrogen-bond donors (Lipinski definition) is 0. The molecule has 0 amide bonds. The van der Waals surface area contributed by atoms with Gasteiger partial charge in [-0.05, 0) is 53.1 Å². The van der Waals surface area contributed by atoms with Gasteiger partial charge in [0.05, 0.1) is 5.52 Å². The monoisotopic (exact) mass is 618 g/mol. The zero-order chi connectivity index (χ0) is 31.2. The first-order chi connectivity index (χ1) is 23.3. The van der Waals surface area contributed by atoms with Gasteiger partial charge in [-0.1, -0.05) is 121 Å². The molecule has 3 heterocycles. The Bertz CT molecular complexity index is 2560. The summed E-state index contributed by atoms with van der Waals surface area (Å²) in [6, 6.07) is 54.6. The lowest BCUT2D eigenvalue weighted by Crippen LogP contribution is -2.01. The molecule has 9 aromatic rings. The van der Waals surface area contributed by atoms with E-state index in [-0.39, 0.29) is 0 Å². The lowest BCUT2D eigenvalue weighted by Gasteiger charge is -2.13. The van der Waals surface area contributed by atoms with E-state index in [4.69, 9.17) is 19.9 Å². The highest BCUT2D eigenvalue weighted by atomic mass is 32.1. The summed E-state index contributed by atoms with van der Waals surface area (Å²) in [5, 5.41) is 3.52. The van der Waals surface area contributed by atoms with Crippen molar-refractivity contribution >= 4 is 42.4 Å². The van der Waals surface area contributed by atoms with Gasteiger partial charge in [-0.25, -0.2) is 19.9 Å². The van der Waals surface area contributed by atoms with E-state index in [0.29, 0.717) is 23.2 Å². The summed E-state index contributed by atoms with van der Waals surface area (Å²) < 4.78 is 2.51. The highest BCUT2D eigenvalue weighted by molar-refractivity contribution is 7.25. The fourth-order valence-electron chi connectivity index (χ4n) is 6.26. The molecule has 5 heteroatoms. The number of rotatable bonds is 5. The van der Waals surface area contributed by atoms with E-state index < -0.39 is 0 Å². The molecule has 0 N–H and O–H groups in total. The second-order valence-corrected chi connectivity index (χ2v) is 12.6. The third-order valence-electron chi connectivity index (χ3n) is 8.56. The molecule has 0 spiro atoms. The third-order valence-corrected chi connectivity index (χ3v) is 9.71. The molecule has 3 aromatic heterocycles. The predicted octanol–water partition coefficient (Wildman–Crippen LogP) is 11.1. The van der Waals surface area contributed by atoms with Crippen LogP contribution in [-0.4, -0.2) is 19.9 Å². The van der Waals surface area contributed by atoms with Crippen molar-refractivity contribution in [2.24, 2.45) is 0 Å². The van der Waals surface area contributed by atoms with Gasteiger partial charge in [0.2, 0.25) is 0 Å². The molecule has 6 aromatic carbocycles. The van der Waals surface area contributed by atoms with E-state index in [1.807, 2.05) is 48.5 Å². The van der Waals surface area contributed by atoms with Crippen LogP contribution >= 0.6 is 11.3 Å². The molecular formula is C42H26N4S. The van der Waals surface area contributed by atoms with Crippen LogP contribution in [0.15, 0.2) is 158 Å². The van der Waals surface area contributed by atoms with Crippen molar-refractivity contribution in [3.8, 4) is 56.5 Å². The van der Waals surface area contributed by atoms with Gasteiger partial charge in [0.1, 0.15) is 5.69 Å². The minimum atomic E-state index is 0.537. The summed E-state index contributed by atoms with van der Waals surface area (Å²) in [4.78, 5) is 20.4. The van der Waals surface area contributed by atoms with Crippen LogP contribution in [0.4, 0.5) is 0 Å². The molecule has 0 aliphatic rings. The molecule has 0 bridgehead atoms. The molecule has 0 fully saturated rings. The Balaban J connectivity index is 1.27. The minimum Gasteiger partial charge on any atom is -0.244 e. The number of hydrogen-bond acceptors (Lipinski definition) is 5. The van der Waals surface area contributed by atoms with Gasteiger partial charge >= 0.3 is 0 Å². The number of nitrogens with zero attached hydrogens (tertiary/aromatic N) is 4. The van der Waals surface area contributed by atoms with Gasteiger partial charge in [-0.15, -0.1) is 11.3 Å². The number of benzene rings is 6. The largest absolute Gasteiger partial charge is 0.244 e. The second kappa shape index (κ2) is 11.4. The molecule has 220 valence electrons. The zero-order valence-corrected chi connectivity index (χ0v) is 26.0. The van der Waals surface area contributed by atoms with Crippen LogP contribution in [0.25, 0.3) is 87.6 Å². The van der Waals surface area contributed by atoms with Crippen molar-refractivity contribution in [2.75, 3.05) is 0 Å². The Kier molecular flexibility index (Phi) is 6.61. The van der Waals surface area contributed by atoms with Crippen LogP contribution in [0.1, 0.15) is 0 Å². The summed E-state index contributed by atoms with van der Waals surface area (Å²) in [5.41, 5.74) is 7.94. The molecular weight excluding hydrogens is 593 g/mol. The lowest BCUT2D eigenvalue weighted by molar-refractivity contribution is 1.06. The molecule has 0 radical (unpaired) electrons. The van der Waals surface area contributed by atoms with Crippen molar-refractivity contribution in [2.45, 2.75) is 0 Å². The van der Waals surface area contributed by atoms with Crippen molar-refractivity contribution < 1.29 is 0 Å². The molecule has 0 unspecified atom stereocenters. The van der Waals surface area contributed by atoms with E-state index in [1.54, 1.807) is 11.3 Å². The number of thiophene rings is 1. The van der Waals surface area contributed by atoms with E-state index in [2.05, 4.69) is 109 Å². The molecule has 47 heavy (non-hydrogen) atoms.